The monoisotopic (exact) mass is 506 g/mol. The standard InChI is InChI=1S/C25H38N4O7/c1-8-16(3)29(23(33)18(13-19(26)30)28-24(34)36-25(4,5)6)21(17-11-9-10-15(2)12-17)22(32)27-14-20(31)35-7/h9-12,16,18,21H,8,13-14H2,1-7H3,(H2,26,30)(H,27,32)(H,28,34). The molecule has 200 valence electrons. The fourth-order valence-corrected chi connectivity index (χ4v) is 3.43. The largest absolute Gasteiger partial charge is 0.468 e. The van der Waals surface area contributed by atoms with Crippen LogP contribution >= 0.6 is 0 Å². The van der Waals surface area contributed by atoms with E-state index in [1.807, 2.05) is 19.9 Å². The third kappa shape index (κ3) is 9.55. The Morgan fingerprint density at radius 2 is 1.78 bits per heavy atom. The second kappa shape index (κ2) is 13.5. The Morgan fingerprint density at radius 1 is 1.14 bits per heavy atom. The van der Waals surface area contributed by atoms with Gasteiger partial charge in [0, 0.05) is 6.04 Å². The molecule has 1 aromatic carbocycles. The van der Waals surface area contributed by atoms with E-state index in [0.717, 1.165) is 5.56 Å². The van der Waals surface area contributed by atoms with Crippen LogP contribution in [-0.2, 0) is 28.7 Å². The summed E-state index contributed by atoms with van der Waals surface area (Å²) in [6, 6.07) is 3.95. The summed E-state index contributed by atoms with van der Waals surface area (Å²) in [5.41, 5.74) is 5.86. The summed E-state index contributed by atoms with van der Waals surface area (Å²) in [5.74, 6) is -2.81. The van der Waals surface area contributed by atoms with Crippen molar-refractivity contribution in [1.29, 1.82) is 0 Å². The highest BCUT2D eigenvalue weighted by Crippen LogP contribution is 2.27. The lowest BCUT2D eigenvalue weighted by atomic mass is 9.98. The smallest absolute Gasteiger partial charge is 0.408 e. The number of amides is 4. The van der Waals surface area contributed by atoms with Crippen LogP contribution in [0.15, 0.2) is 24.3 Å². The van der Waals surface area contributed by atoms with Gasteiger partial charge in [-0.25, -0.2) is 4.79 Å². The van der Waals surface area contributed by atoms with E-state index in [0.29, 0.717) is 12.0 Å². The number of aryl methyl sites for hydroxylation is 1. The quantitative estimate of drug-likeness (QED) is 0.386. The zero-order valence-electron chi connectivity index (χ0n) is 22.0. The predicted molar refractivity (Wildman–Crippen MR) is 133 cm³/mol. The molecule has 0 saturated carbocycles. The number of nitrogens with two attached hydrogens (primary N) is 1. The van der Waals surface area contributed by atoms with Gasteiger partial charge in [-0.15, -0.1) is 0 Å². The summed E-state index contributed by atoms with van der Waals surface area (Å²) in [4.78, 5) is 64.5. The lowest BCUT2D eigenvalue weighted by Gasteiger charge is -2.38. The molecular formula is C25H38N4O7. The van der Waals surface area contributed by atoms with Gasteiger partial charge in [0.25, 0.3) is 0 Å². The van der Waals surface area contributed by atoms with Gasteiger partial charge in [-0.3, -0.25) is 19.2 Å². The van der Waals surface area contributed by atoms with E-state index in [-0.39, 0.29) is 0 Å². The maximum Gasteiger partial charge on any atom is 0.408 e. The number of esters is 1. The Bertz CT molecular complexity index is 958. The summed E-state index contributed by atoms with van der Waals surface area (Å²) in [7, 11) is 1.19. The lowest BCUT2D eigenvalue weighted by molar-refractivity contribution is -0.147. The summed E-state index contributed by atoms with van der Waals surface area (Å²) < 4.78 is 9.85. The van der Waals surface area contributed by atoms with Crippen LogP contribution in [0.25, 0.3) is 0 Å². The van der Waals surface area contributed by atoms with Gasteiger partial charge in [0.2, 0.25) is 17.7 Å². The van der Waals surface area contributed by atoms with Crippen molar-refractivity contribution < 1.29 is 33.4 Å². The number of ether oxygens (including phenoxy) is 2. The number of hydrogen-bond acceptors (Lipinski definition) is 7. The molecular weight excluding hydrogens is 468 g/mol. The molecule has 3 unspecified atom stereocenters. The normalized spacial score (nSPS) is 13.5. The van der Waals surface area contributed by atoms with Gasteiger partial charge < -0.3 is 30.7 Å². The molecule has 0 fully saturated rings. The van der Waals surface area contributed by atoms with E-state index in [2.05, 4.69) is 15.4 Å². The van der Waals surface area contributed by atoms with Crippen LogP contribution in [0.4, 0.5) is 4.79 Å². The maximum absolute atomic E-state index is 13.9. The molecule has 4 N–H and O–H groups in total. The Balaban J connectivity index is 3.52. The minimum absolute atomic E-state index is 0.402. The number of alkyl carbamates (subject to hydrolysis) is 1. The zero-order valence-corrected chi connectivity index (χ0v) is 22.0. The molecule has 0 spiro atoms. The molecule has 0 heterocycles. The second-order valence-corrected chi connectivity index (χ2v) is 9.48. The Hall–Kier alpha value is -3.63. The fraction of sp³-hybridized carbons (Fsp3) is 0.560. The minimum Gasteiger partial charge on any atom is -0.468 e. The van der Waals surface area contributed by atoms with E-state index >= 15 is 0 Å². The number of benzene rings is 1. The zero-order chi connectivity index (χ0) is 27.6. The first-order valence-corrected chi connectivity index (χ1v) is 11.7. The van der Waals surface area contributed by atoms with E-state index in [1.165, 1.54) is 12.0 Å². The first-order chi connectivity index (χ1) is 16.7. The van der Waals surface area contributed by atoms with Gasteiger partial charge in [-0.2, -0.15) is 0 Å². The second-order valence-electron chi connectivity index (χ2n) is 9.48. The van der Waals surface area contributed by atoms with Crippen LogP contribution in [0.5, 0.6) is 0 Å². The van der Waals surface area contributed by atoms with Crippen LogP contribution in [0.3, 0.4) is 0 Å². The lowest BCUT2D eigenvalue weighted by Crippen LogP contribution is -2.56. The third-order valence-electron chi connectivity index (χ3n) is 5.23. The molecule has 0 saturated heterocycles. The molecule has 36 heavy (non-hydrogen) atoms. The summed E-state index contributed by atoms with van der Waals surface area (Å²) in [5, 5.41) is 4.93. The number of rotatable bonds is 11. The average Bonchev–Trinajstić information content (AvgIpc) is 2.77. The van der Waals surface area contributed by atoms with Crippen molar-refractivity contribution in [3.63, 3.8) is 0 Å². The average molecular weight is 507 g/mol. The number of nitrogens with one attached hydrogen (secondary N) is 2. The molecule has 4 amide bonds. The van der Waals surface area contributed by atoms with Crippen molar-refractivity contribution in [1.82, 2.24) is 15.5 Å². The molecule has 1 aromatic rings. The minimum atomic E-state index is -1.38. The van der Waals surface area contributed by atoms with Gasteiger partial charge in [0.05, 0.1) is 13.5 Å². The number of carbonyl (C=O) groups excluding carboxylic acids is 5. The van der Waals surface area contributed by atoms with Crippen LogP contribution in [0.2, 0.25) is 0 Å². The van der Waals surface area contributed by atoms with Crippen LogP contribution in [0, 0.1) is 6.92 Å². The van der Waals surface area contributed by atoms with Gasteiger partial charge >= 0.3 is 12.1 Å². The van der Waals surface area contributed by atoms with Gasteiger partial charge in [-0.05, 0) is 46.6 Å². The molecule has 11 nitrogen and oxygen atoms in total. The molecule has 1 rings (SSSR count). The van der Waals surface area contributed by atoms with Gasteiger partial charge in [0.1, 0.15) is 24.2 Å². The summed E-state index contributed by atoms with van der Waals surface area (Å²) in [6.07, 6.45) is -0.961. The maximum atomic E-state index is 13.9. The predicted octanol–water partition coefficient (Wildman–Crippen LogP) is 1.72. The number of nitrogens with zero attached hydrogens (tertiary/aromatic N) is 1. The Labute approximate surface area is 212 Å². The summed E-state index contributed by atoms with van der Waals surface area (Å²) in [6.45, 7) is 9.97. The number of carbonyl (C=O) groups is 5. The van der Waals surface area contributed by atoms with Crippen LogP contribution in [-0.4, -0.2) is 66.0 Å². The highest BCUT2D eigenvalue weighted by atomic mass is 16.6. The van der Waals surface area contributed by atoms with E-state index in [1.54, 1.807) is 45.9 Å². The van der Waals surface area contributed by atoms with Crippen molar-refractivity contribution in [3.8, 4) is 0 Å². The van der Waals surface area contributed by atoms with Crippen molar-refractivity contribution in [2.45, 2.75) is 78.1 Å². The van der Waals surface area contributed by atoms with Crippen molar-refractivity contribution in [2.24, 2.45) is 5.73 Å². The van der Waals surface area contributed by atoms with Gasteiger partial charge in [0.15, 0.2) is 0 Å². The fourth-order valence-electron chi connectivity index (χ4n) is 3.43. The van der Waals surface area contributed by atoms with Crippen LogP contribution < -0.4 is 16.4 Å². The molecule has 0 aliphatic heterocycles. The first-order valence-electron chi connectivity index (χ1n) is 11.7. The third-order valence-corrected chi connectivity index (χ3v) is 5.23. The van der Waals surface area contributed by atoms with Crippen molar-refractivity contribution in [3.05, 3.63) is 35.4 Å². The molecule has 0 bridgehead atoms. The molecule has 0 radical (unpaired) electrons. The van der Waals surface area contributed by atoms with E-state index < -0.39 is 66.5 Å². The molecule has 3 atom stereocenters. The number of hydrogen-bond donors (Lipinski definition) is 3. The molecule has 11 heteroatoms. The SMILES string of the molecule is CCC(C)N(C(=O)C(CC(N)=O)NC(=O)OC(C)(C)C)C(C(=O)NCC(=O)OC)c1cccc(C)c1. The summed E-state index contributed by atoms with van der Waals surface area (Å²) >= 11 is 0. The van der Waals surface area contributed by atoms with Crippen LogP contribution in [0.1, 0.15) is 64.6 Å². The highest BCUT2D eigenvalue weighted by molar-refractivity contribution is 5.95. The van der Waals surface area contributed by atoms with E-state index in [9.17, 15) is 24.0 Å². The van der Waals surface area contributed by atoms with E-state index in [4.69, 9.17) is 10.5 Å². The number of methoxy groups -OCH3 is 1. The Morgan fingerprint density at radius 3 is 2.28 bits per heavy atom. The van der Waals surface area contributed by atoms with Crippen molar-refractivity contribution >= 4 is 29.8 Å². The molecule has 0 aliphatic carbocycles. The highest BCUT2D eigenvalue weighted by Gasteiger charge is 2.39. The van der Waals surface area contributed by atoms with Crippen molar-refractivity contribution in [2.75, 3.05) is 13.7 Å². The molecule has 0 aliphatic rings. The molecule has 0 aromatic heterocycles. The topological polar surface area (TPSA) is 157 Å². The van der Waals surface area contributed by atoms with Gasteiger partial charge in [-0.1, -0.05) is 36.8 Å². The Kier molecular flexibility index (Phi) is 11.4. The number of primary amides is 1. The first kappa shape index (κ1) is 30.4.